The minimum atomic E-state index is -3.75. The molecule has 11 heteroatoms. The Morgan fingerprint density at radius 3 is 2.44 bits per heavy atom. The molecule has 2 aromatic carbocycles. The van der Waals surface area contributed by atoms with Crippen molar-refractivity contribution in [2.24, 2.45) is 0 Å². The van der Waals surface area contributed by atoms with Crippen LogP contribution in [0, 0.1) is 5.82 Å². The van der Waals surface area contributed by atoms with Gasteiger partial charge in [-0.05, 0) is 49.4 Å². The number of hydrogen-bond donors (Lipinski definition) is 0. The molecule has 0 radical (unpaired) electrons. The van der Waals surface area contributed by atoms with E-state index in [-0.39, 0.29) is 48.5 Å². The van der Waals surface area contributed by atoms with Crippen LogP contribution in [0.1, 0.15) is 6.92 Å². The summed E-state index contributed by atoms with van der Waals surface area (Å²) in [4.78, 5) is 26.0. The number of halogens is 1. The molecule has 1 aliphatic heterocycles. The van der Waals surface area contributed by atoms with Crippen LogP contribution in [0.5, 0.6) is 5.75 Å². The molecular formula is C21H22FN3O5S2. The topological polar surface area (TPSA) is 88.9 Å². The number of thiazole rings is 1. The predicted octanol–water partition coefficient (Wildman–Crippen LogP) is 2.13. The minimum absolute atomic E-state index is 0.118. The number of carbonyl (C=O) groups excluding carboxylic acids is 1. The van der Waals surface area contributed by atoms with Gasteiger partial charge in [0.25, 0.3) is 5.91 Å². The first-order valence-corrected chi connectivity index (χ1v) is 12.3. The van der Waals surface area contributed by atoms with Gasteiger partial charge in [0.05, 0.1) is 15.1 Å². The van der Waals surface area contributed by atoms with Crippen LogP contribution in [0.15, 0.2) is 52.2 Å². The average molecular weight is 480 g/mol. The van der Waals surface area contributed by atoms with E-state index in [1.165, 1.54) is 40.7 Å². The lowest BCUT2D eigenvalue weighted by Crippen LogP contribution is -2.51. The summed E-state index contributed by atoms with van der Waals surface area (Å²) in [6, 6.07) is 10.1. The van der Waals surface area contributed by atoms with Crippen molar-refractivity contribution in [3.8, 4) is 5.75 Å². The summed E-state index contributed by atoms with van der Waals surface area (Å²) in [6.45, 7) is 2.99. The fraction of sp³-hybridized carbons (Fsp3) is 0.333. The van der Waals surface area contributed by atoms with Gasteiger partial charge in [0, 0.05) is 32.7 Å². The molecule has 0 unspecified atom stereocenters. The van der Waals surface area contributed by atoms with E-state index in [2.05, 4.69) is 0 Å². The van der Waals surface area contributed by atoms with Gasteiger partial charge in [-0.15, -0.1) is 0 Å². The number of benzene rings is 2. The van der Waals surface area contributed by atoms with E-state index < -0.39 is 15.8 Å². The molecule has 0 aliphatic carbocycles. The summed E-state index contributed by atoms with van der Waals surface area (Å²) in [5.41, 5.74) is 0.720. The summed E-state index contributed by atoms with van der Waals surface area (Å²) >= 11 is 1.03. The van der Waals surface area contributed by atoms with Gasteiger partial charge in [0.1, 0.15) is 11.6 Å². The highest BCUT2D eigenvalue weighted by Gasteiger charge is 2.30. The van der Waals surface area contributed by atoms with Gasteiger partial charge in [-0.3, -0.25) is 14.2 Å². The summed E-state index contributed by atoms with van der Waals surface area (Å²) in [5, 5.41) is 0. The lowest BCUT2D eigenvalue weighted by molar-refractivity contribution is -0.134. The molecule has 0 saturated carbocycles. The third-order valence-electron chi connectivity index (χ3n) is 5.36. The maximum absolute atomic E-state index is 13.1. The molecule has 170 valence electrons. The lowest BCUT2D eigenvalue weighted by atomic mass is 10.3. The Hall–Kier alpha value is -2.76. The highest BCUT2D eigenvalue weighted by molar-refractivity contribution is 7.89. The number of ether oxygens (including phenoxy) is 1. The molecule has 1 aliphatic rings. The number of aryl methyl sites for hydroxylation is 1. The molecule has 0 spiro atoms. The molecule has 8 nitrogen and oxygen atoms in total. The van der Waals surface area contributed by atoms with Crippen molar-refractivity contribution in [2.45, 2.75) is 18.4 Å². The normalized spacial score (nSPS) is 15.2. The van der Waals surface area contributed by atoms with Gasteiger partial charge in [0.15, 0.2) is 6.61 Å². The number of sulfonamides is 1. The van der Waals surface area contributed by atoms with E-state index in [1.54, 1.807) is 15.5 Å². The van der Waals surface area contributed by atoms with E-state index in [0.29, 0.717) is 17.0 Å². The molecule has 1 amide bonds. The molecule has 1 aromatic heterocycles. The van der Waals surface area contributed by atoms with Crippen LogP contribution in [0.25, 0.3) is 10.2 Å². The number of aromatic nitrogens is 1. The Kier molecular flexibility index (Phi) is 6.31. The van der Waals surface area contributed by atoms with Crippen molar-refractivity contribution in [1.82, 2.24) is 13.8 Å². The Labute approximate surface area is 188 Å². The van der Waals surface area contributed by atoms with Gasteiger partial charge in [-0.2, -0.15) is 4.31 Å². The van der Waals surface area contributed by atoms with Gasteiger partial charge >= 0.3 is 4.87 Å². The van der Waals surface area contributed by atoms with Gasteiger partial charge in [-0.25, -0.2) is 12.8 Å². The second-order valence-electron chi connectivity index (χ2n) is 7.27. The van der Waals surface area contributed by atoms with Crippen molar-refractivity contribution >= 4 is 37.5 Å². The predicted molar refractivity (Wildman–Crippen MR) is 119 cm³/mol. The van der Waals surface area contributed by atoms with Crippen LogP contribution >= 0.6 is 11.3 Å². The standard InChI is InChI=1S/C21H22FN3O5S2/c1-2-25-18-8-7-17(13-19(18)31-21(25)27)32(28,29)24-11-9-23(10-12-24)20(26)14-30-16-5-3-15(22)4-6-16/h3-8,13H,2,9-12,14H2,1H3. The number of hydrogen-bond acceptors (Lipinski definition) is 6. The Morgan fingerprint density at radius 1 is 1.09 bits per heavy atom. The maximum Gasteiger partial charge on any atom is 0.308 e. The average Bonchev–Trinajstić information content (AvgIpc) is 3.12. The number of rotatable bonds is 6. The number of nitrogens with zero attached hydrogens (tertiary/aromatic N) is 3. The number of amides is 1. The quantitative estimate of drug-likeness (QED) is 0.541. The van der Waals surface area contributed by atoms with Crippen LogP contribution in [-0.2, 0) is 21.4 Å². The molecule has 32 heavy (non-hydrogen) atoms. The van der Waals surface area contributed by atoms with E-state index in [4.69, 9.17) is 4.74 Å². The van der Waals surface area contributed by atoms with Gasteiger partial charge in [0.2, 0.25) is 10.0 Å². The van der Waals surface area contributed by atoms with Crippen LogP contribution in [0.3, 0.4) is 0 Å². The van der Waals surface area contributed by atoms with E-state index in [0.717, 1.165) is 16.9 Å². The molecule has 3 aromatic rings. The third-order valence-corrected chi connectivity index (χ3v) is 8.20. The van der Waals surface area contributed by atoms with Crippen molar-refractivity contribution in [2.75, 3.05) is 32.8 Å². The first-order chi connectivity index (χ1) is 15.3. The summed E-state index contributed by atoms with van der Waals surface area (Å²) in [6.07, 6.45) is 0. The first kappa shape index (κ1) is 22.4. The zero-order valence-corrected chi connectivity index (χ0v) is 19.0. The third kappa shape index (κ3) is 4.41. The van der Waals surface area contributed by atoms with Crippen molar-refractivity contribution in [1.29, 1.82) is 0 Å². The van der Waals surface area contributed by atoms with Crippen LogP contribution < -0.4 is 9.61 Å². The fourth-order valence-corrected chi connectivity index (χ4v) is 6.12. The molecule has 1 fully saturated rings. The lowest BCUT2D eigenvalue weighted by Gasteiger charge is -2.34. The summed E-state index contributed by atoms with van der Waals surface area (Å²) in [5.74, 6) is -0.272. The Balaban J connectivity index is 1.39. The number of fused-ring (bicyclic) bond motifs is 1. The van der Waals surface area contributed by atoms with Crippen molar-refractivity contribution in [3.63, 3.8) is 0 Å². The Bertz CT molecular complexity index is 1290. The van der Waals surface area contributed by atoms with E-state index in [1.807, 2.05) is 6.92 Å². The number of carbonyl (C=O) groups is 1. The SMILES string of the molecule is CCn1c(=O)sc2cc(S(=O)(=O)N3CCN(C(=O)COc4ccc(F)cc4)CC3)ccc21. The molecule has 0 atom stereocenters. The van der Waals surface area contributed by atoms with Gasteiger partial charge < -0.3 is 9.64 Å². The minimum Gasteiger partial charge on any atom is -0.484 e. The maximum atomic E-state index is 13.1. The molecule has 2 heterocycles. The van der Waals surface area contributed by atoms with Crippen LogP contribution in [-0.4, -0.2) is 60.9 Å². The molecule has 1 saturated heterocycles. The highest BCUT2D eigenvalue weighted by atomic mass is 32.2. The zero-order chi connectivity index (χ0) is 22.9. The molecular weight excluding hydrogens is 457 g/mol. The monoisotopic (exact) mass is 479 g/mol. The number of piperazine rings is 1. The summed E-state index contributed by atoms with van der Waals surface area (Å²) < 4.78 is 48.1. The highest BCUT2D eigenvalue weighted by Crippen LogP contribution is 2.25. The van der Waals surface area contributed by atoms with E-state index >= 15 is 0 Å². The van der Waals surface area contributed by atoms with Crippen LogP contribution in [0.2, 0.25) is 0 Å². The molecule has 0 N–H and O–H groups in total. The smallest absolute Gasteiger partial charge is 0.308 e. The first-order valence-electron chi connectivity index (χ1n) is 10.1. The second-order valence-corrected chi connectivity index (χ2v) is 10.2. The van der Waals surface area contributed by atoms with Crippen molar-refractivity contribution < 1.29 is 22.3 Å². The zero-order valence-electron chi connectivity index (χ0n) is 17.4. The second kappa shape index (κ2) is 9.00. The van der Waals surface area contributed by atoms with Gasteiger partial charge in [-0.1, -0.05) is 11.3 Å². The fourth-order valence-electron chi connectivity index (χ4n) is 3.60. The molecule has 0 bridgehead atoms. The summed E-state index contributed by atoms with van der Waals surface area (Å²) in [7, 11) is -3.75. The van der Waals surface area contributed by atoms with Crippen molar-refractivity contribution in [3.05, 3.63) is 57.9 Å². The molecule has 4 rings (SSSR count). The Morgan fingerprint density at radius 2 is 1.78 bits per heavy atom. The largest absolute Gasteiger partial charge is 0.484 e. The van der Waals surface area contributed by atoms with E-state index in [9.17, 15) is 22.4 Å². The van der Waals surface area contributed by atoms with Crippen LogP contribution in [0.4, 0.5) is 4.39 Å².